The molecule has 5 rings (SSSR count). The Morgan fingerprint density at radius 1 is 0.976 bits per heavy atom. The first-order chi connectivity index (χ1) is 20.0. The Hall–Kier alpha value is -3.65. The van der Waals surface area contributed by atoms with E-state index in [0.29, 0.717) is 18.5 Å². The van der Waals surface area contributed by atoms with E-state index in [1.165, 1.54) is 32.8 Å². The van der Waals surface area contributed by atoms with Gasteiger partial charge in [-0.2, -0.15) is 0 Å². The second-order valence-electron chi connectivity index (χ2n) is 11.3. The molecule has 41 heavy (non-hydrogen) atoms. The molecule has 3 aromatic rings. The van der Waals surface area contributed by atoms with Crippen LogP contribution in [0.1, 0.15) is 79.2 Å². The van der Waals surface area contributed by atoms with E-state index in [4.69, 9.17) is 4.74 Å². The molecule has 0 spiro atoms. The highest BCUT2D eigenvalue weighted by molar-refractivity contribution is 5.97. The summed E-state index contributed by atoms with van der Waals surface area (Å²) in [6.45, 7) is 8.21. The number of amides is 2. The lowest BCUT2D eigenvalue weighted by Crippen LogP contribution is -2.63. The lowest BCUT2D eigenvalue weighted by Gasteiger charge is -2.47. The number of methoxy groups -OCH3 is 1. The summed E-state index contributed by atoms with van der Waals surface area (Å²) in [7, 11) is 1.36. The standard InChI is InChI=1S/C33H42N4O4/c1-4-6-17-35(18-7-5-2)19-10-20-36-22-29(38)37-28(32(36)39)21-26-25-11-8-9-12-27(25)34-30(26)31(37)23-13-15-24(16-14-23)33(40)41-3/h8-9,11-16,28,31,34H,4-7,10,17-22H2,1-3H3/t28-,31+/m0/s1. The molecule has 0 unspecified atom stereocenters. The van der Waals surface area contributed by atoms with Crippen molar-refractivity contribution in [1.82, 2.24) is 19.7 Å². The number of carbonyl (C=O) groups excluding carboxylic acids is 3. The topological polar surface area (TPSA) is 85.9 Å². The number of hydrogen-bond donors (Lipinski definition) is 1. The van der Waals surface area contributed by atoms with E-state index in [9.17, 15) is 14.4 Å². The predicted octanol–water partition coefficient (Wildman–Crippen LogP) is 4.93. The molecule has 2 aliphatic heterocycles. The van der Waals surface area contributed by atoms with Crippen molar-refractivity contribution in [3.8, 4) is 0 Å². The highest BCUT2D eigenvalue weighted by Gasteiger charge is 2.48. The highest BCUT2D eigenvalue weighted by atomic mass is 16.5. The van der Waals surface area contributed by atoms with Crippen LogP contribution in [0, 0.1) is 0 Å². The molecular weight excluding hydrogens is 516 g/mol. The number of nitrogens with zero attached hydrogens (tertiary/aromatic N) is 3. The number of benzene rings is 2. The van der Waals surface area contributed by atoms with Gasteiger partial charge in [0.25, 0.3) is 0 Å². The number of esters is 1. The van der Waals surface area contributed by atoms with Gasteiger partial charge in [0.2, 0.25) is 11.8 Å². The molecular formula is C33H42N4O4. The van der Waals surface area contributed by atoms with Crippen molar-refractivity contribution >= 4 is 28.7 Å². The van der Waals surface area contributed by atoms with Crippen molar-refractivity contribution in [1.29, 1.82) is 0 Å². The largest absolute Gasteiger partial charge is 0.465 e. The van der Waals surface area contributed by atoms with Crippen molar-refractivity contribution in [3.05, 3.63) is 70.9 Å². The van der Waals surface area contributed by atoms with Gasteiger partial charge in [0, 0.05) is 29.6 Å². The van der Waals surface area contributed by atoms with Crippen molar-refractivity contribution < 1.29 is 19.1 Å². The lowest BCUT2D eigenvalue weighted by molar-refractivity contribution is -0.158. The van der Waals surface area contributed by atoms with E-state index in [0.717, 1.165) is 53.8 Å². The van der Waals surface area contributed by atoms with Crippen molar-refractivity contribution in [2.75, 3.05) is 39.8 Å². The fourth-order valence-electron chi connectivity index (χ4n) is 6.36. The van der Waals surface area contributed by atoms with Crippen molar-refractivity contribution in [2.24, 2.45) is 0 Å². The molecule has 1 fully saturated rings. The Kier molecular flexibility index (Phi) is 9.08. The molecule has 2 aromatic carbocycles. The molecule has 1 saturated heterocycles. The van der Waals surface area contributed by atoms with E-state index in [2.05, 4.69) is 29.8 Å². The first-order valence-electron chi connectivity index (χ1n) is 15.1. The number of fused-ring (bicyclic) bond motifs is 4. The number of aromatic nitrogens is 1. The summed E-state index contributed by atoms with van der Waals surface area (Å²) in [6.07, 6.45) is 6.03. The number of unbranched alkanes of at least 4 members (excludes halogenated alkanes) is 2. The number of ether oxygens (including phenoxy) is 1. The van der Waals surface area contributed by atoms with Crippen LogP contribution in [0.15, 0.2) is 48.5 Å². The van der Waals surface area contributed by atoms with Crippen LogP contribution in [0.25, 0.3) is 10.9 Å². The van der Waals surface area contributed by atoms with Crippen LogP contribution in [0.3, 0.4) is 0 Å². The Labute approximate surface area is 242 Å². The number of nitrogens with one attached hydrogen (secondary N) is 1. The molecule has 0 aliphatic carbocycles. The minimum atomic E-state index is -0.565. The SMILES string of the molecule is CCCCN(CCCC)CCCN1CC(=O)N2[C@H](c3ccc(C(=O)OC)cc3)c3[nH]c4ccccc4c3C[C@H]2C1=O. The third-order valence-corrected chi connectivity index (χ3v) is 8.55. The van der Waals surface area contributed by atoms with E-state index in [1.54, 1.807) is 21.9 Å². The highest BCUT2D eigenvalue weighted by Crippen LogP contribution is 2.42. The minimum absolute atomic E-state index is 0.0189. The monoisotopic (exact) mass is 558 g/mol. The molecule has 8 heteroatoms. The second-order valence-corrected chi connectivity index (χ2v) is 11.3. The summed E-state index contributed by atoms with van der Waals surface area (Å²) in [5, 5.41) is 1.08. The van der Waals surface area contributed by atoms with E-state index < -0.39 is 18.1 Å². The van der Waals surface area contributed by atoms with Crippen LogP contribution in [0.4, 0.5) is 0 Å². The molecule has 3 heterocycles. The third kappa shape index (κ3) is 5.89. The third-order valence-electron chi connectivity index (χ3n) is 8.55. The van der Waals surface area contributed by atoms with Crippen LogP contribution in [0.2, 0.25) is 0 Å². The first kappa shape index (κ1) is 28.9. The molecule has 0 bridgehead atoms. The molecule has 2 atom stereocenters. The van der Waals surface area contributed by atoms with Crippen LogP contribution in [-0.4, -0.2) is 83.3 Å². The predicted molar refractivity (Wildman–Crippen MR) is 160 cm³/mol. The van der Waals surface area contributed by atoms with Crippen LogP contribution in [0.5, 0.6) is 0 Å². The summed E-state index contributed by atoms with van der Waals surface area (Å²) in [4.78, 5) is 49.5. The fourth-order valence-corrected chi connectivity index (χ4v) is 6.36. The maximum atomic E-state index is 14.0. The molecule has 2 aliphatic rings. The molecule has 0 saturated carbocycles. The van der Waals surface area contributed by atoms with Gasteiger partial charge in [0.05, 0.1) is 25.3 Å². The molecule has 218 valence electrons. The van der Waals surface area contributed by atoms with Gasteiger partial charge in [-0.05, 0) is 68.2 Å². The second kappa shape index (κ2) is 12.9. The number of hydrogen-bond acceptors (Lipinski definition) is 5. The number of piperazine rings is 1. The van der Waals surface area contributed by atoms with Gasteiger partial charge < -0.3 is 24.4 Å². The molecule has 0 radical (unpaired) electrons. The van der Waals surface area contributed by atoms with Crippen molar-refractivity contribution in [3.63, 3.8) is 0 Å². The normalized spacial score (nSPS) is 18.6. The zero-order valence-corrected chi connectivity index (χ0v) is 24.5. The van der Waals surface area contributed by atoms with Gasteiger partial charge in [-0.15, -0.1) is 0 Å². The molecule has 1 aromatic heterocycles. The number of rotatable bonds is 12. The number of H-pyrrole nitrogens is 1. The summed E-state index contributed by atoms with van der Waals surface area (Å²) >= 11 is 0. The van der Waals surface area contributed by atoms with Crippen molar-refractivity contribution in [2.45, 2.75) is 64.5 Å². The van der Waals surface area contributed by atoms with Gasteiger partial charge in [0.15, 0.2) is 0 Å². The van der Waals surface area contributed by atoms with Crippen LogP contribution < -0.4 is 0 Å². The maximum Gasteiger partial charge on any atom is 0.337 e. The maximum absolute atomic E-state index is 14.0. The first-order valence-corrected chi connectivity index (χ1v) is 15.1. The average Bonchev–Trinajstić information content (AvgIpc) is 3.37. The zero-order chi connectivity index (χ0) is 28.9. The quantitative estimate of drug-likeness (QED) is 0.319. The van der Waals surface area contributed by atoms with Gasteiger partial charge in [-0.1, -0.05) is 57.0 Å². The average molecular weight is 559 g/mol. The Balaban J connectivity index is 1.41. The van der Waals surface area contributed by atoms with Crippen LogP contribution >= 0.6 is 0 Å². The summed E-state index contributed by atoms with van der Waals surface area (Å²) in [5.41, 5.74) is 4.30. The summed E-state index contributed by atoms with van der Waals surface area (Å²) in [6, 6.07) is 14.3. The van der Waals surface area contributed by atoms with E-state index >= 15 is 0 Å². The van der Waals surface area contributed by atoms with Gasteiger partial charge in [-0.25, -0.2) is 4.79 Å². The fraction of sp³-hybridized carbons (Fsp3) is 0.485. The summed E-state index contributed by atoms with van der Waals surface area (Å²) in [5.74, 6) is -0.438. The van der Waals surface area contributed by atoms with Gasteiger partial charge in [-0.3, -0.25) is 9.59 Å². The number of carbonyl (C=O) groups is 3. The Morgan fingerprint density at radius 2 is 1.66 bits per heavy atom. The summed E-state index contributed by atoms with van der Waals surface area (Å²) < 4.78 is 4.87. The smallest absolute Gasteiger partial charge is 0.337 e. The number of para-hydroxylation sites is 1. The minimum Gasteiger partial charge on any atom is -0.465 e. The van der Waals surface area contributed by atoms with E-state index in [-0.39, 0.29) is 18.4 Å². The molecule has 1 N–H and O–H groups in total. The van der Waals surface area contributed by atoms with E-state index in [1.807, 2.05) is 30.3 Å². The Bertz CT molecular complexity index is 1370. The molecule has 2 amide bonds. The Morgan fingerprint density at radius 3 is 2.34 bits per heavy atom. The van der Waals surface area contributed by atoms with Gasteiger partial charge in [0.1, 0.15) is 6.04 Å². The van der Waals surface area contributed by atoms with Gasteiger partial charge >= 0.3 is 5.97 Å². The zero-order valence-electron chi connectivity index (χ0n) is 24.5. The molecule has 8 nitrogen and oxygen atoms in total. The number of aromatic amines is 1. The van der Waals surface area contributed by atoms with Crippen LogP contribution in [-0.2, 0) is 20.7 Å². The lowest BCUT2D eigenvalue weighted by atomic mass is 9.86.